The first kappa shape index (κ1) is 41.2. The third kappa shape index (κ3) is 8.59. The van der Waals surface area contributed by atoms with Crippen LogP contribution in [-0.2, 0) is 44.4 Å². The van der Waals surface area contributed by atoms with E-state index in [0.29, 0.717) is 75.6 Å². The molecule has 0 aliphatic rings. The summed E-state index contributed by atoms with van der Waals surface area (Å²) in [5, 5.41) is 7.40. The first-order chi connectivity index (χ1) is 27.8. The minimum absolute atomic E-state index is 0.168. The number of nitrogens with zero attached hydrogens (tertiary/aromatic N) is 3. The minimum Gasteiger partial charge on any atom is -0.496 e. The van der Waals surface area contributed by atoms with E-state index in [0.717, 1.165) is 12.7 Å². The molecule has 302 valence electrons. The van der Waals surface area contributed by atoms with Crippen molar-refractivity contribution < 1.29 is 50.1 Å². The molecule has 0 radical (unpaired) electrons. The van der Waals surface area contributed by atoms with Crippen LogP contribution < -0.4 is 19.5 Å². The van der Waals surface area contributed by atoms with Crippen molar-refractivity contribution >= 4 is 38.5 Å². The summed E-state index contributed by atoms with van der Waals surface area (Å²) < 4.78 is 96.5. The Morgan fingerprint density at radius 3 is 2.16 bits per heavy atom. The van der Waals surface area contributed by atoms with Gasteiger partial charge in [0.2, 0.25) is 5.95 Å². The van der Waals surface area contributed by atoms with E-state index in [9.17, 15) is 22.4 Å². The number of pyridine rings is 1. The molecule has 0 fully saturated rings. The number of benzene rings is 4. The normalized spacial score (nSPS) is 11.9. The molecule has 2 N–H and O–H groups in total. The van der Waals surface area contributed by atoms with Gasteiger partial charge in [0.15, 0.2) is 0 Å². The number of methoxy groups -OCH3 is 3. The van der Waals surface area contributed by atoms with Gasteiger partial charge in [-0.1, -0.05) is 24.3 Å². The molecule has 4 aromatic carbocycles. The van der Waals surface area contributed by atoms with Gasteiger partial charge in [-0.2, -0.15) is 9.49 Å². The Morgan fingerprint density at radius 1 is 0.879 bits per heavy atom. The number of ether oxygens (including phenoxy) is 4. The fraction of sp³-hybridized carbons (Fsp3) is 0.220. The predicted octanol–water partition coefficient (Wildman–Crippen LogP) is 6.59. The van der Waals surface area contributed by atoms with Crippen LogP contribution in [0.2, 0.25) is 0 Å². The molecule has 0 aliphatic carbocycles. The van der Waals surface area contributed by atoms with Gasteiger partial charge in [-0.25, -0.2) is 27.0 Å². The fourth-order valence-electron chi connectivity index (χ4n) is 6.52. The number of carbonyl (C=O) groups excluding carboxylic acids is 2. The second-order valence-corrected chi connectivity index (χ2v) is 14.6. The number of fused-ring (bicyclic) bond motifs is 1. The average Bonchev–Trinajstić information content (AvgIpc) is 3.60. The Kier molecular flexibility index (Phi) is 12.3. The van der Waals surface area contributed by atoms with Crippen molar-refractivity contribution in [2.75, 3.05) is 32.7 Å². The number of halogens is 3. The number of sulfonamides is 1. The highest BCUT2D eigenvalue weighted by atomic mass is 32.2. The molecule has 17 heteroatoms. The zero-order valence-corrected chi connectivity index (χ0v) is 32.7. The standard InChI is InChI=1S/C41H38F3N5O8S/c1-6-57-22-23-15-34(54-3)37(35(16-23)55-4)29-12-9-26(30-21-46-49(2)39(29)30)17-33(41(51)56-5)47-40(50)38-31(42)19-27(20-32(38)43)48-58(52,53)28-10-7-24(8-11-28)25-13-14-45-36(44)18-25/h7-16,18-21,33,48H,6,17,22H2,1-5H3,(H,47,50)/t33-/m0/s1. The number of hydrogen-bond donors (Lipinski definition) is 2. The van der Waals surface area contributed by atoms with Crippen LogP contribution in [0, 0.1) is 17.6 Å². The van der Waals surface area contributed by atoms with Crippen molar-refractivity contribution in [1.82, 2.24) is 20.1 Å². The second-order valence-electron chi connectivity index (χ2n) is 12.9. The smallest absolute Gasteiger partial charge is 0.328 e. The van der Waals surface area contributed by atoms with Crippen molar-refractivity contribution in [3.05, 3.63) is 119 Å². The molecule has 6 rings (SSSR count). The second kappa shape index (κ2) is 17.4. The number of hydrogen-bond acceptors (Lipinski definition) is 10. The Bertz CT molecular complexity index is 2570. The molecule has 0 saturated heterocycles. The summed E-state index contributed by atoms with van der Waals surface area (Å²) in [6.07, 6.45) is 2.68. The molecule has 1 atom stereocenters. The van der Waals surface area contributed by atoms with Crippen LogP contribution in [0.5, 0.6) is 11.5 Å². The van der Waals surface area contributed by atoms with Gasteiger partial charge in [-0.15, -0.1) is 0 Å². The summed E-state index contributed by atoms with van der Waals surface area (Å²) in [5.41, 5.74) is 2.73. The Hall–Kier alpha value is -6.46. The largest absolute Gasteiger partial charge is 0.496 e. The highest BCUT2D eigenvalue weighted by molar-refractivity contribution is 7.92. The van der Waals surface area contributed by atoms with Crippen LogP contribution in [0.4, 0.5) is 18.9 Å². The van der Waals surface area contributed by atoms with E-state index in [4.69, 9.17) is 18.9 Å². The number of carbonyl (C=O) groups is 2. The Morgan fingerprint density at radius 2 is 1.55 bits per heavy atom. The van der Waals surface area contributed by atoms with Crippen molar-refractivity contribution in [3.63, 3.8) is 0 Å². The van der Waals surface area contributed by atoms with Crippen LogP contribution >= 0.6 is 0 Å². The van der Waals surface area contributed by atoms with Crippen LogP contribution in [0.1, 0.15) is 28.4 Å². The maximum absolute atomic E-state index is 15.5. The van der Waals surface area contributed by atoms with E-state index in [1.54, 1.807) is 36.1 Å². The molecule has 2 heterocycles. The zero-order valence-electron chi connectivity index (χ0n) is 31.9. The lowest BCUT2D eigenvalue weighted by atomic mass is 9.94. The van der Waals surface area contributed by atoms with Gasteiger partial charge in [0, 0.05) is 43.3 Å². The fourth-order valence-corrected chi connectivity index (χ4v) is 7.56. The van der Waals surface area contributed by atoms with Gasteiger partial charge >= 0.3 is 5.97 Å². The van der Waals surface area contributed by atoms with Crippen molar-refractivity contribution in [2.45, 2.75) is 30.9 Å². The minimum atomic E-state index is -4.36. The monoisotopic (exact) mass is 817 g/mol. The zero-order chi connectivity index (χ0) is 41.7. The number of esters is 1. The van der Waals surface area contributed by atoms with Gasteiger partial charge in [-0.05, 0) is 71.6 Å². The van der Waals surface area contributed by atoms with Crippen molar-refractivity contribution in [3.8, 4) is 33.8 Å². The van der Waals surface area contributed by atoms with E-state index >= 15 is 8.78 Å². The van der Waals surface area contributed by atoms with Crippen LogP contribution in [0.25, 0.3) is 33.2 Å². The summed E-state index contributed by atoms with van der Waals surface area (Å²) in [6, 6.07) is 15.1. The van der Waals surface area contributed by atoms with Crippen LogP contribution in [0.15, 0.2) is 90.1 Å². The Balaban J connectivity index is 1.24. The first-order valence-electron chi connectivity index (χ1n) is 17.7. The van der Waals surface area contributed by atoms with Crippen LogP contribution in [-0.4, -0.2) is 69.0 Å². The maximum atomic E-state index is 15.5. The average molecular weight is 818 g/mol. The van der Waals surface area contributed by atoms with E-state index in [2.05, 4.69) is 20.1 Å². The number of rotatable bonds is 15. The molecule has 0 unspecified atom stereocenters. The lowest BCUT2D eigenvalue weighted by Crippen LogP contribution is -2.43. The lowest BCUT2D eigenvalue weighted by molar-refractivity contribution is -0.142. The van der Waals surface area contributed by atoms with Gasteiger partial charge in [0.25, 0.3) is 15.9 Å². The quantitative estimate of drug-likeness (QED) is 0.0856. The first-order valence-corrected chi connectivity index (χ1v) is 19.2. The van der Waals surface area contributed by atoms with Crippen LogP contribution in [0.3, 0.4) is 0 Å². The number of aromatic nitrogens is 3. The molecule has 0 aliphatic heterocycles. The third-order valence-corrected chi connectivity index (χ3v) is 10.7. The summed E-state index contributed by atoms with van der Waals surface area (Å²) in [4.78, 5) is 29.7. The van der Waals surface area contributed by atoms with E-state index < -0.39 is 56.8 Å². The molecule has 0 spiro atoms. The van der Waals surface area contributed by atoms with E-state index in [1.807, 2.05) is 19.1 Å². The molecule has 2 aromatic heterocycles. The highest BCUT2D eigenvalue weighted by Gasteiger charge is 2.29. The summed E-state index contributed by atoms with van der Waals surface area (Å²) in [7, 11) is 1.55. The van der Waals surface area contributed by atoms with Gasteiger partial charge < -0.3 is 24.3 Å². The van der Waals surface area contributed by atoms with E-state index in [1.165, 1.54) is 50.7 Å². The molecule has 13 nitrogen and oxygen atoms in total. The molecular formula is C41H38F3N5O8S. The van der Waals surface area contributed by atoms with Gasteiger partial charge in [-0.3, -0.25) is 14.2 Å². The van der Waals surface area contributed by atoms with Crippen molar-refractivity contribution in [2.24, 2.45) is 7.05 Å². The summed E-state index contributed by atoms with van der Waals surface area (Å²) >= 11 is 0. The molecule has 0 bridgehead atoms. The highest BCUT2D eigenvalue weighted by Crippen LogP contribution is 2.43. The van der Waals surface area contributed by atoms with E-state index in [-0.39, 0.29) is 11.3 Å². The molecular weight excluding hydrogens is 780 g/mol. The molecule has 58 heavy (non-hydrogen) atoms. The number of amides is 1. The number of nitrogens with one attached hydrogen (secondary N) is 2. The molecule has 6 aromatic rings. The SMILES string of the molecule is CCOCc1cc(OC)c(-c2ccc(C[C@H](NC(=O)c3c(F)cc(NS(=O)(=O)c4ccc(-c5ccnc(F)c5)cc4)cc3F)C(=O)OC)c3cnn(C)c23)c(OC)c1. The summed E-state index contributed by atoms with van der Waals surface area (Å²) in [6.45, 7) is 2.76. The Labute approximate surface area is 331 Å². The number of aryl methyl sites for hydroxylation is 1. The van der Waals surface area contributed by atoms with Gasteiger partial charge in [0.05, 0.1) is 55.8 Å². The topological polar surface area (TPSA) is 160 Å². The van der Waals surface area contributed by atoms with Gasteiger partial charge in [0.1, 0.15) is 34.7 Å². The summed E-state index contributed by atoms with van der Waals surface area (Å²) in [5.74, 6) is -4.67. The molecule has 0 saturated carbocycles. The predicted molar refractivity (Wildman–Crippen MR) is 208 cm³/mol. The third-order valence-electron chi connectivity index (χ3n) is 9.26. The number of anilines is 1. The molecule has 1 amide bonds. The maximum Gasteiger partial charge on any atom is 0.328 e. The lowest BCUT2D eigenvalue weighted by Gasteiger charge is -2.20. The van der Waals surface area contributed by atoms with Crippen molar-refractivity contribution in [1.29, 1.82) is 0 Å².